The summed E-state index contributed by atoms with van der Waals surface area (Å²) >= 11 is 3.34. The van der Waals surface area contributed by atoms with Crippen molar-refractivity contribution in [1.82, 2.24) is 0 Å². The SMILES string of the molecule is CC(C)[C@@H]1CC[C@@H](C)C[C@H]1OC(=O)C(O)c1ccc(Br)cc1. The van der Waals surface area contributed by atoms with Gasteiger partial charge >= 0.3 is 5.97 Å². The Bertz CT molecular complexity index is 498. The van der Waals surface area contributed by atoms with Gasteiger partial charge in [-0.1, -0.05) is 55.3 Å². The molecule has 0 saturated heterocycles. The Labute approximate surface area is 141 Å². The fourth-order valence-electron chi connectivity index (χ4n) is 3.25. The minimum absolute atomic E-state index is 0.0821. The molecule has 3 nitrogen and oxygen atoms in total. The maximum atomic E-state index is 12.3. The molecule has 1 aromatic rings. The van der Waals surface area contributed by atoms with Crippen molar-refractivity contribution >= 4 is 21.9 Å². The summed E-state index contributed by atoms with van der Waals surface area (Å²) in [6.45, 7) is 6.54. The molecule has 4 atom stereocenters. The molecule has 122 valence electrons. The van der Waals surface area contributed by atoms with Crippen molar-refractivity contribution in [3.8, 4) is 0 Å². The Morgan fingerprint density at radius 2 is 1.91 bits per heavy atom. The number of ether oxygens (including phenoxy) is 1. The van der Waals surface area contributed by atoms with Gasteiger partial charge in [-0.2, -0.15) is 0 Å². The number of halogens is 1. The average molecular weight is 369 g/mol. The molecule has 0 aromatic heterocycles. The molecule has 0 radical (unpaired) electrons. The van der Waals surface area contributed by atoms with Gasteiger partial charge in [0.05, 0.1) is 0 Å². The average Bonchev–Trinajstić information content (AvgIpc) is 2.47. The highest BCUT2D eigenvalue weighted by Crippen LogP contribution is 2.36. The third kappa shape index (κ3) is 4.32. The minimum Gasteiger partial charge on any atom is -0.460 e. The fraction of sp³-hybridized carbons (Fsp3) is 0.611. The lowest BCUT2D eigenvalue weighted by molar-refractivity contribution is -0.166. The second-order valence-electron chi connectivity index (χ2n) is 6.76. The number of hydrogen-bond donors (Lipinski definition) is 1. The highest BCUT2D eigenvalue weighted by atomic mass is 79.9. The molecule has 1 N–H and O–H groups in total. The van der Waals surface area contributed by atoms with E-state index in [1.54, 1.807) is 12.1 Å². The zero-order chi connectivity index (χ0) is 16.3. The zero-order valence-electron chi connectivity index (χ0n) is 13.5. The van der Waals surface area contributed by atoms with Gasteiger partial charge in [0.1, 0.15) is 6.10 Å². The molecule has 0 heterocycles. The molecule has 0 amide bonds. The molecule has 1 aliphatic carbocycles. The van der Waals surface area contributed by atoms with E-state index in [2.05, 4.69) is 36.7 Å². The van der Waals surface area contributed by atoms with Gasteiger partial charge in [-0.25, -0.2) is 4.79 Å². The van der Waals surface area contributed by atoms with Crippen molar-refractivity contribution in [2.75, 3.05) is 0 Å². The van der Waals surface area contributed by atoms with Crippen LogP contribution in [0.1, 0.15) is 51.7 Å². The first-order valence-electron chi connectivity index (χ1n) is 8.02. The molecule has 1 aliphatic rings. The lowest BCUT2D eigenvalue weighted by atomic mass is 9.75. The van der Waals surface area contributed by atoms with E-state index in [9.17, 15) is 9.90 Å². The molecule has 22 heavy (non-hydrogen) atoms. The number of carbonyl (C=O) groups is 1. The van der Waals surface area contributed by atoms with Gasteiger partial charge in [0.25, 0.3) is 0 Å². The Kier molecular flexibility index (Phi) is 6.04. The summed E-state index contributed by atoms with van der Waals surface area (Å²) in [5.41, 5.74) is 0.568. The monoisotopic (exact) mass is 368 g/mol. The van der Waals surface area contributed by atoms with Crippen molar-refractivity contribution in [2.45, 2.75) is 52.2 Å². The molecule has 2 rings (SSSR count). The van der Waals surface area contributed by atoms with Crippen molar-refractivity contribution in [1.29, 1.82) is 0 Å². The van der Waals surface area contributed by atoms with Crippen LogP contribution in [0.4, 0.5) is 0 Å². The van der Waals surface area contributed by atoms with Crippen molar-refractivity contribution in [2.24, 2.45) is 17.8 Å². The van der Waals surface area contributed by atoms with Crippen LogP contribution in [0.5, 0.6) is 0 Å². The smallest absolute Gasteiger partial charge is 0.339 e. The Balaban J connectivity index is 2.03. The summed E-state index contributed by atoms with van der Waals surface area (Å²) in [4.78, 5) is 12.3. The molecule has 1 aromatic carbocycles. The zero-order valence-corrected chi connectivity index (χ0v) is 15.0. The fourth-order valence-corrected chi connectivity index (χ4v) is 3.51. The molecule has 0 spiro atoms. The van der Waals surface area contributed by atoms with Crippen LogP contribution in [0, 0.1) is 17.8 Å². The number of rotatable bonds is 4. The molecular formula is C18H25BrO3. The molecule has 1 unspecified atom stereocenters. The van der Waals surface area contributed by atoms with Crippen LogP contribution >= 0.6 is 15.9 Å². The second-order valence-corrected chi connectivity index (χ2v) is 7.67. The summed E-state index contributed by atoms with van der Waals surface area (Å²) in [6, 6.07) is 7.09. The third-order valence-electron chi connectivity index (χ3n) is 4.64. The number of carbonyl (C=O) groups excluding carboxylic acids is 1. The van der Waals surface area contributed by atoms with Crippen LogP contribution in [0.2, 0.25) is 0 Å². The number of esters is 1. The Morgan fingerprint density at radius 3 is 2.50 bits per heavy atom. The summed E-state index contributed by atoms with van der Waals surface area (Å²) in [6.07, 6.45) is 1.87. The van der Waals surface area contributed by atoms with E-state index >= 15 is 0 Å². The molecule has 0 aliphatic heterocycles. The van der Waals surface area contributed by atoms with E-state index in [0.717, 1.165) is 17.3 Å². The highest BCUT2D eigenvalue weighted by Gasteiger charge is 2.34. The summed E-state index contributed by atoms with van der Waals surface area (Å²) in [5, 5.41) is 10.2. The van der Waals surface area contributed by atoms with Crippen LogP contribution in [-0.2, 0) is 9.53 Å². The van der Waals surface area contributed by atoms with Crippen LogP contribution in [-0.4, -0.2) is 17.2 Å². The van der Waals surface area contributed by atoms with Gasteiger partial charge < -0.3 is 9.84 Å². The van der Waals surface area contributed by atoms with Crippen molar-refractivity contribution < 1.29 is 14.6 Å². The summed E-state index contributed by atoms with van der Waals surface area (Å²) < 4.78 is 6.60. The van der Waals surface area contributed by atoms with Crippen molar-refractivity contribution in [3.05, 3.63) is 34.3 Å². The number of benzene rings is 1. The second kappa shape index (κ2) is 7.60. The van der Waals surface area contributed by atoms with Gasteiger partial charge in [-0.15, -0.1) is 0 Å². The highest BCUT2D eigenvalue weighted by molar-refractivity contribution is 9.10. The van der Waals surface area contributed by atoms with Gasteiger partial charge in [0, 0.05) is 4.47 Å². The van der Waals surface area contributed by atoms with E-state index in [1.807, 2.05) is 12.1 Å². The predicted molar refractivity (Wildman–Crippen MR) is 90.3 cm³/mol. The van der Waals surface area contributed by atoms with E-state index in [-0.39, 0.29) is 6.10 Å². The Hall–Kier alpha value is -0.870. The Morgan fingerprint density at radius 1 is 1.27 bits per heavy atom. The molecule has 1 fully saturated rings. The topological polar surface area (TPSA) is 46.5 Å². The van der Waals surface area contributed by atoms with Gasteiger partial charge in [0.15, 0.2) is 6.10 Å². The number of aliphatic hydroxyl groups excluding tert-OH is 1. The molecule has 4 heteroatoms. The van der Waals surface area contributed by atoms with Gasteiger partial charge in [-0.3, -0.25) is 0 Å². The first-order valence-corrected chi connectivity index (χ1v) is 8.81. The largest absolute Gasteiger partial charge is 0.460 e. The maximum absolute atomic E-state index is 12.3. The number of hydrogen-bond acceptors (Lipinski definition) is 3. The molecule has 0 bridgehead atoms. The number of aliphatic hydroxyl groups is 1. The van der Waals surface area contributed by atoms with E-state index in [1.165, 1.54) is 6.42 Å². The minimum atomic E-state index is -1.21. The van der Waals surface area contributed by atoms with Gasteiger partial charge in [0.2, 0.25) is 0 Å². The first kappa shape index (κ1) is 17.5. The summed E-state index contributed by atoms with van der Waals surface area (Å²) in [5.74, 6) is 0.900. The maximum Gasteiger partial charge on any atom is 0.339 e. The van der Waals surface area contributed by atoms with E-state index < -0.39 is 12.1 Å². The van der Waals surface area contributed by atoms with Crippen molar-refractivity contribution in [3.63, 3.8) is 0 Å². The standard InChI is InChI=1S/C18H25BrO3/c1-11(2)15-9-4-12(3)10-16(15)22-18(21)17(20)13-5-7-14(19)8-6-13/h5-8,11-12,15-17,20H,4,9-10H2,1-3H3/t12-,15+,16-,17?/m1/s1. The van der Waals surface area contributed by atoms with Crippen LogP contribution in [0.15, 0.2) is 28.7 Å². The van der Waals surface area contributed by atoms with Crippen LogP contribution in [0.25, 0.3) is 0 Å². The van der Waals surface area contributed by atoms with E-state index in [0.29, 0.717) is 23.3 Å². The predicted octanol–water partition coefficient (Wildman–Crippen LogP) is 4.49. The molecule has 1 saturated carbocycles. The quantitative estimate of drug-likeness (QED) is 0.796. The van der Waals surface area contributed by atoms with E-state index in [4.69, 9.17) is 4.74 Å². The van der Waals surface area contributed by atoms with Crippen LogP contribution < -0.4 is 0 Å². The lowest BCUT2D eigenvalue weighted by Crippen LogP contribution is -2.37. The molecular weight excluding hydrogens is 344 g/mol. The third-order valence-corrected chi connectivity index (χ3v) is 5.17. The lowest BCUT2D eigenvalue weighted by Gasteiger charge is -2.37. The van der Waals surface area contributed by atoms with Crippen LogP contribution in [0.3, 0.4) is 0 Å². The normalized spacial score (nSPS) is 26.7. The van der Waals surface area contributed by atoms with Gasteiger partial charge in [-0.05, 0) is 48.3 Å². The summed E-state index contributed by atoms with van der Waals surface area (Å²) in [7, 11) is 0. The first-order chi connectivity index (χ1) is 10.4.